The SMILES string of the molecule is CCc1nnsc1C(=O)Nc1ccc(S(=O)(=O)N(C)c2ccccc2)cc1. The molecule has 0 bridgehead atoms. The van der Waals surface area contributed by atoms with Gasteiger partial charge in [0.2, 0.25) is 0 Å². The van der Waals surface area contributed by atoms with Gasteiger partial charge >= 0.3 is 0 Å². The van der Waals surface area contributed by atoms with Crippen molar-refractivity contribution < 1.29 is 13.2 Å². The van der Waals surface area contributed by atoms with Crippen molar-refractivity contribution >= 4 is 38.8 Å². The molecule has 0 saturated carbocycles. The van der Waals surface area contributed by atoms with Gasteiger partial charge in [-0.3, -0.25) is 9.10 Å². The van der Waals surface area contributed by atoms with E-state index in [9.17, 15) is 13.2 Å². The highest BCUT2D eigenvalue weighted by Crippen LogP contribution is 2.23. The number of benzene rings is 2. The Morgan fingerprint density at radius 2 is 1.78 bits per heavy atom. The number of hydrogen-bond donors (Lipinski definition) is 1. The van der Waals surface area contributed by atoms with E-state index in [1.54, 1.807) is 36.4 Å². The number of anilines is 2. The molecule has 0 spiro atoms. The minimum Gasteiger partial charge on any atom is -0.321 e. The molecule has 1 amide bonds. The number of carbonyl (C=O) groups is 1. The van der Waals surface area contributed by atoms with Crippen LogP contribution in [-0.4, -0.2) is 31.0 Å². The predicted octanol–water partition coefficient (Wildman–Crippen LogP) is 3.18. The summed E-state index contributed by atoms with van der Waals surface area (Å²) < 4.78 is 30.5. The lowest BCUT2D eigenvalue weighted by Crippen LogP contribution is -2.26. The Kier molecular flexibility index (Phi) is 5.52. The van der Waals surface area contributed by atoms with E-state index in [0.29, 0.717) is 28.4 Å². The molecule has 2 aromatic carbocycles. The molecule has 0 fully saturated rings. The summed E-state index contributed by atoms with van der Waals surface area (Å²) in [4.78, 5) is 12.9. The van der Waals surface area contributed by atoms with Crippen molar-refractivity contribution in [3.8, 4) is 0 Å². The molecule has 0 radical (unpaired) electrons. The molecule has 140 valence electrons. The van der Waals surface area contributed by atoms with Crippen LogP contribution in [0.4, 0.5) is 11.4 Å². The first-order valence-electron chi connectivity index (χ1n) is 8.20. The zero-order valence-corrected chi connectivity index (χ0v) is 16.4. The van der Waals surface area contributed by atoms with E-state index in [4.69, 9.17) is 0 Å². The number of aryl methyl sites for hydroxylation is 1. The molecule has 7 nitrogen and oxygen atoms in total. The second-order valence-corrected chi connectivity index (χ2v) is 8.41. The van der Waals surface area contributed by atoms with Gasteiger partial charge < -0.3 is 5.32 Å². The van der Waals surface area contributed by atoms with Gasteiger partial charge in [0.1, 0.15) is 4.88 Å². The average Bonchev–Trinajstić information content (AvgIpc) is 3.17. The lowest BCUT2D eigenvalue weighted by molar-refractivity contribution is 0.102. The molecule has 0 atom stereocenters. The van der Waals surface area contributed by atoms with Gasteiger partial charge in [-0.25, -0.2) is 8.42 Å². The summed E-state index contributed by atoms with van der Waals surface area (Å²) in [6, 6.07) is 14.9. The lowest BCUT2D eigenvalue weighted by Gasteiger charge is -2.19. The summed E-state index contributed by atoms with van der Waals surface area (Å²) in [7, 11) is -2.19. The van der Waals surface area contributed by atoms with E-state index < -0.39 is 10.0 Å². The summed E-state index contributed by atoms with van der Waals surface area (Å²) in [5, 5.41) is 6.66. The smallest absolute Gasteiger partial charge is 0.269 e. The van der Waals surface area contributed by atoms with Crippen molar-refractivity contribution in [3.05, 3.63) is 65.2 Å². The largest absolute Gasteiger partial charge is 0.321 e. The monoisotopic (exact) mass is 402 g/mol. The van der Waals surface area contributed by atoms with Gasteiger partial charge in [-0.15, -0.1) is 5.10 Å². The average molecular weight is 403 g/mol. The molecule has 3 aromatic rings. The summed E-state index contributed by atoms with van der Waals surface area (Å²) in [5.41, 5.74) is 1.71. The quantitative estimate of drug-likeness (QED) is 0.684. The van der Waals surface area contributed by atoms with E-state index in [-0.39, 0.29) is 10.8 Å². The third-order valence-corrected chi connectivity index (χ3v) is 6.55. The van der Waals surface area contributed by atoms with Crippen LogP contribution in [0.25, 0.3) is 0 Å². The van der Waals surface area contributed by atoms with Crippen molar-refractivity contribution in [2.24, 2.45) is 0 Å². The van der Waals surface area contributed by atoms with Crippen LogP contribution >= 0.6 is 11.5 Å². The van der Waals surface area contributed by atoms with Gasteiger partial charge in [0.25, 0.3) is 15.9 Å². The fraction of sp³-hybridized carbons (Fsp3) is 0.167. The summed E-state index contributed by atoms with van der Waals surface area (Å²) in [6.45, 7) is 1.90. The number of sulfonamides is 1. The Balaban J connectivity index is 1.78. The number of para-hydroxylation sites is 1. The Hall–Kier alpha value is -2.78. The first-order valence-corrected chi connectivity index (χ1v) is 10.4. The van der Waals surface area contributed by atoms with Gasteiger partial charge in [-0.2, -0.15) is 0 Å². The van der Waals surface area contributed by atoms with Crippen molar-refractivity contribution in [2.75, 3.05) is 16.7 Å². The van der Waals surface area contributed by atoms with Crippen LogP contribution < -0.4 is 9.62 Å². The molecule has 1 heterocycles. The Labute approximate surface area is 161 Å². The van der Waals surface area contributed by atoms with Gasteiger partial charge in [-0.05, 0) is 54.4 Å². The third kappa shape index (κ3) is 3.99. The van der Waals surface area contributed by atoms with Crippen LogP contribution in [0.5, 0.6) is 0 Å². The zero-order chi connectivity index (χ0) is 19.4. The Morgan fingerprint density at radius 3 is 2.41 bits per heavy atom. The topological polar surface area (TPSA) is 92.3 Å². The fourth-order valence-electron chi connectivity index (χ4n) is 2.45. The van der Waals surface area contributed by atoms with Crippen molar-refractivity contribution in [1.29, 1.82) is 0 Å². The molecule has 27 heavy (non-hydrogen) atoms. The molecular weight excluding hydrogens is 384 g/mol. The third-order valence-electron chi connectivity index (χ3n) is 3.99. The minimum absolute atomic E-state index is 0.139. The maximum Gasteiger partial charge on any atom is 0.269 e. The molecule has 0 saturated heterocycles. The molecular formula is C18H18N4O3S2. The van der Waals surface area contributed by atoms with Crippen molar-refractivity contribution in [2.45, 2.75) is 18.2 Å². The summed E-state index contributed by atoms with van der Waals surface area (Å²) in [6.07, 6.45) is 0.613. The van der Waals surface area contributed by atoms with Gasteiger partial charge in [0.05, 0.1) is 16.3 Å². The number of amides is 1. The zero-order valence-electron chi connectivity index (χ0n) is 14.8. The predicted molar refractivity (Wildman–Crippen MR) is 106 cm³/mol. The first kappa shape index (κ1) is 19.0. The second-order valence-electron chi connectivity index (χ2n) is 5.69. The molecule has 3 rings (SSSR count). The van der Waals surface area contributed by atoms with E-state index in [1.807, 2.05) is 13.0 Å². The second kappa shape index (κ2) is 7.85. The molecule has 1 N–H and O–H groups in total. The fourth-order valence-corrected chi connectivity index (χ4v) is 4.29. The van der Waals surface area contributed by atoms with Crippen LogP contribution in [0.3, 0.4) is 0 Å². The summed E-state index contributed by atoms with van der Waals surface area (Å²) >= 11 is 1.03. The van der Waals surface area contributed by atoms with Gasteiger partial charge in [-0.1, -0.05) is 29.6 Å². The normalized spacial score (nSPS) is 11.2. The number of carbonyl (C=O) groups excluding carboxylic acids is 1. The van der Waals surface area contributed by atoms with Crippen LogP contribution in [0.2, 0.25) is 0 Å². The molecule has 0 aliphatic heterocycles. The van der Waals surface area contributed by atoms with E-state index >= 15 is 0 Å². The Morgan fingerprint density at radius 1 is 1.11 bits per heavy atom. The van der Waals surface area contributed by atoms with Crippen molar-refractivity contribution in [1.82, 2.24) is 9.59 Å². The van der Waals surface area contributed by atoms with E-state index in [1.165, 1.54) is 23.5 Å². The first-order chi connectivity index (χ1) is 12.9. The van der Waals surface area contributed by atoms with E-state index in [2.05, 4.69) is 14.9 Å². The molecule has 0 aliphatic carbocycles. The number of nitrogens with one attached hydrogen (secondary N) is 1. The maximum atomic E-state index is 12.8. The Bertz CT molecular complexity index is 1030. The highest BCUT2D eigenvalue weighted by atomic mass is 32.2. The van der Waals surface area contributed by atoms with Gasteiger partial charge in [0, 0.05) is 12.7 Å². The van der Waals surface area contributed by atoms with Crippen LogP contribution in [0.15, 0.2) is 59.5 Å². The molecule has 0 unspecified atom stereocenters. The van der Waals surface area contributed by atoms with Crippen LogP contribution in [-0.2, 0) is 16.4 Å². The highest BCUT2D eigenvalue weighted by molar-refractivity contribution is 7.92. The molecule has 1 aromatic heterocycles. The number of hydrogen-bond acceptors (Lipinski definition) is 6. The van der Waals surface area contributed by atoms with E-state index in [0.717, 1.165) is 11.5 Å². The number of aromatic nitrogens is 2. The standard InChI is InChI=1S/C18H18N4O3S2/c1-3-16-17(26-21-20-16)18(23)19-13-9-11-15(12-10-13)27(24,25)22(2)14-7-5-4-6-8-14/h4-12H,3H2,1-2H3,(H,19,23). The van der Waals surface area contributed by atoms with Crippen LogP contribution in [0.1, 0.15) is 22.3 Å². The van der Waals surface area contributed by atoms with Crippen molar-refractivity contribution in [3.63, 3.8) is 0 Å². The number of rotatable bonds is 6. The summed E-state index contributed by atoms with van der Waals surface area (Å²) in [5.74, 6) is -0.307. The maximum absolute atomic E-state index is 12.8. The molecule has 9 heteroatoms. The molecule has 0 aliphatic rings. The number of nitrogens with zero attached hydrogens (tertiary/aromatic N) is 3. The highest BCUT2D eigenvalue weighted by Gasteiger charge is 2.21. The van der Waals surface area contributed by atoms with Crippen LogP contribution in [0, 0.1) is 0 Å². The minimum atomic E-state index is -3.69. The van der Waals surface area contributed by atoms with Gasteiger partial charge in [0.15, 0.2) is 0 Å². The lowest BCUT2D eigenvalue weighted by atomic mass is 10.2.